The van der Waals surface area contributed by atoms with Gasteiger partial charge in [0.2, 0.25) is 0 Å². The first-order valence-corrected chi connectivity index (χ1v) is 35.9. The quantitative estimate of drug-likeness (QED) is 0.130. The van der Waals surface area contributed by atoms with E-state index in [9.17, 15) is 0 Å². The fourth-order valence-corrected chi connectivity index (χ4v) is 18.8. The molecule has 0 radical (unpaired) electrons. The Morgan fingerprint density at radius 3 is 1.22 bits per heavy atom. The number of furan rings is 1. The van der Waals surface area contributed by atoms with Crippen molar-refractivity contribution in [2.45, 2.75) is 58.3 Å². The number of hydrogen-bond donors (Lipinski definition) is 0. The van der Waals surface area contributed by atoms with Crippen LogP contribution in [0.5, 0.6) is 0 Å². The predicted octanol–water partition coefficient (Wildman–Crippen LogP) is 24.5. The van der Waals surface area contributed by atoms with Crippen molar-refractivity contribution in [1.82, 2.24) is 4.57 Å². The Morgan fingerprint density at radius 2 is 0.733 bits per heavy atom. The van der Waals surface area contributed by atoms with Gasteiger partial charge in [-0.25, -0.2) is 0 Å². The number of fused-ring (bicyclic) bond motifs is 28. The van der Waals surface area contributed by atoms with Crippen molar-refractivity contribution >= 4 is 176 Å². The van der Waals surface area contributed by atoms with Gasteiger partial charge in [-0.2, -0.15) is 0 Å². The molecule has 0 amide bonds. The third-order valence-corrected chi connectivity index (χ3v) is 23.5. The summed E-state index contributed by atoms with van der Waals surface area (Å²) in [7, 11) is 0. The van der Waals surface area contributed by atoms with Gasteiger partial charge >= 0.3 is 0 Å². The van der Waals surface area contributed by atoms with E-state index in [1.807, 2.05) is 0 Å². The van der Waals surface area contributed by atoms with Gasteiger partial charge in [0, 0.05) is 73.4 Å². The van der Waals surface area contributed by atoms with Crippen LogP contribution in [0.4, 0.5) is 22.7 Å². The molecule has 2 unspecified atom stereocenters. The van der Waals surface area contributed by atoms with Crippen LogP contribution >= 0.6 is 0 Å². The average molecular weight is 1290 g/mol. The first-order chi connectivity index (χ1) is 49.4. The zero-order chi connectivity index (χ0) is 67.1. The predicted molar refractivity (Wildman–Crippen MR) is 431 cm³/mol. The molecule has 0 bridgehead atoms. The van der Waals surface area contributed by atoms with Gasteiger partial charge in [0.25, 0.3) is 6.71 Å². The highest BCUT2D eigenvalue weighted by atomic mass is 16.3. The maximum absolute atomic E-state index is 7.26. The summed E-state index contributed by atoms with van der Waals surface area (Å²) in [4.78, 5) is 5.41. The first kappa shape index (κ1) is 57.0. The van der Waals surface area contributed by atoms with Crippen molar-refractivity contribution in [2.75, 3.05) is 9.80 Å². The van der Waals surface area contributed by atoms with Gasteiger partial charge in [0.15, 0.2) is 0 Å². The Labute approximate surface area is 585 Å². The molecule has 4 nitrogen and oxygen atoms in total. The van der Waals surface area contributed by atoms with E-state index in [4.69, 9.17) is 4.42 Å². The van der Waals surface area contributed by atoms with Crippen LogP contribution < -0.4 is 20.7 Å². The van der Waals surface area contributed by atoms with Gasteiger partial charge in [0.05, 0.1) is 11.0 Å². The summed E-state index contributed by atoms with van der Waals surface area (Å²) >= 11 is 0. The molecule has 101 heavy (non-hydrogen) atoms. The summed E-state index contributed by atoms with van der Waals surface area (Å²) in [5.41, 5.74) is 19.1. The van der Waals surface area contributed by atoms with Crippen LogP contribution in [0.3, 0.4) is 0 Å². The molecule has 4 heterocycles. The Hall–Kier alpha value is -11.9. The molecule has 22 rings (SSSR count). The van der Waals surface area contributed by atoms with E-state index < -0.39 is 0 Å². The molecule has 5 heteroatoms. The fourth-order valence-electron chi connectivity index (χ4n) is 18.8. The summed E-state index contributed by atoms with van der Waals surface area (Å²) in [5, 5.41) is 26.2. The Balaban J connectivity index is 0.891. The molecular weight excluding hydrogens is 1220 g/mol. The maximum atomic E-state index is 7.26. The Bertz CT molecular complexity index is 6760. The third-order valence-electron chi connectivity index (χ3n) is 23.5. The molecule has 2 atom stereocenters. The summed E-state index contributed by atoms with van der Waals surface area (Å²) in [6.07, 6.45) is 7.48. The number of anilines is 4. The molecule has 18 aromatic rings. The van der Waals surface area contributed by atoms with E-state index in [1.165, 1.54) is 169 Å². The van der Waals surface area contributed by atoms with E-state index in [0.717, 1.165) is 39.5 Å². The van der Waals surface area contributed by atoms with Crippen LogP contribution in [0.25, 0.3) is 141 Å². The number of benzene rings is 16. The fraction of sp³-hybridized carbons (Fsp3) is 0.104. The van der Waals surface area contributed by atoms with Gasteiger partial charge in [-0.3, -0.25) is 0 Å². The van der Waals surface area contributed by atoms with Crippen LogP contribution in [0.15, 0.2) is 306 Å². The first-order valence-electron chi connectivity index (χ1n) is 35.9. The van der Waals surface area contributed by atoms with Crippen LogP contribution in [-0.4, -0.2) is 11.3 Å². The zero-order valence-electron chi connectivity index (χ0n) is 57.2. The standard InChI is InChI=1S/C96H68BN3O/c1-95(2,3)55-35-45-86-81(47-55)82-48-56(96(4,5)6)36-46-87(82)98(86)59-39-44-84-88(51-59)99(57-37-40-72-66-27-9-7-21-60(66)62-23-11-15-29-68(62)77(72)49-57)90-54-83(76-43-42-75-74-33-19-20-34-91(74)101-94(75)76)93-92(90)97(84)85-52-79-70-31-17-13-25-64(70)65-26-14-18-32-71(65)80(79)53-89(85)100(93)58-38-41-73-67-28-10-8-22-61(67)63-24-12-16-30-69(63)78(73)50-58/h7-54,76,83H,1-6H3. The normalized spacial score (nSPS) is 15.9. The Kier molecular flexibility index (Phi) is 11.5. The van der Waals surface area contributed by atoms with E-state index in [1.54, 1.807) is 0 Å². The highest BCUT2D eigenvalue weighted by Crippen LogP contribution is 2.58. The lowest BCUT2D eigenvalue weighted by molar-refractivity contribution is 0.495. The molecule has 0 saturated heterocycles. The van der Waals surface area contributed by atoms with Gasteiger partial charge < -0.3 is 18.8 Å². The highest BCUT2D eigenvalue weighted by molar-refractivity contribution is 6.95. The minimum Gasteiger partial charge on any atom is -0.460 e. The van der Waals surface area contributed by atoms with Crippen LogP contribution in [0.1, 0.15) is 69.9 Å². The number of rotatable bonds is 4. The molecule has 2 aliphatic carbocycles. The molecule has 0 fully saturated rings. The summed E-state index contributed by atoms with van der Waals surface area (Å²) in [6.45, 7) is 13.8. The van der Waals surface area contributed by atoms with Gasteiger partial charge in [-0.05, 0) is 208 Å². The molecule has 0 saturated carbocycles. The Morgan fingerprint density at radius 1 is 0.327 bits per heavy atom. The molecule has 2 aliphatic heterocycles. The molecule has 16 aromatic carbocycles. The molecular formula is C96H68BN3O. The smallest absolute Gasteiger partial charge is 0.251 e. The third kappa shape index (κ3) is 7.92. The molecule has 4 aliphatic rings. The molecule has 0 spiro atoms. The van der Waals surface area contributed by atoms with Crippen molar-refractivity contribution in [3.05, 3.63) is 324 Å². The second kappa shape index (κ2) is 20.4. The minimum absolute atomic E-state index is 0.0423. The highest BCUT2D eigenvalue weighted by Gasteiger charge is 2.52. The SMILES string of the molecule is CC(C)(C)c1ccc2c(c1)c1cc(C(C)(C)C)ccc1n2-c1ccc2c(c1)N(c1ccc3c4ccccc4c4ccccc4c3c1)C1=CC(C3C=Cc4c3oc3ccccc43)C3=C1B2c1cc2c4ccccc4c4ccccc4c2cc1N3c1ccc2c3ccccc3c3ccccc3c2c1. The van der Waals surface area contributed by atoms with Crippen molar-refractivity contribution in [3.63, 3.8) is 0 Å². The monoisotopic (exact) mass is 1290 g/mol. The molecule has 0 N–H and O–H groups in total. The lowest BCUT2D eigenvalue weighted by Gasteiger charge is -2.44. The maximum Gasteiger partial charge on any atom is 0.251 e. The van der Waals surface area contributed by atoms with Crippen molar-refractivity contribution in [2.24, 2.45) is 5.92 Å². The van der Waals surface area contributed by atoms with E-state index in [0.29, 0.717) is 0 Å². The zero-order valence-corrected chi connectivity index (χ0v) is 57.2. The van der Waals surface area contributed by atoms with E-state index in [2.05, 4.69) is 347 Å². The second-order valence-electron chi connectivity index (χ2n) is 31.0. The van der Waals surface area contributed by atoms with E-state index >= 15 is 0 Å². The van der Waals surface area contributed by atoms with Crippen molar-refractivity contribution in [1.29, 1.82) is 0 Å². The number of nitrogens with zero attached hydrogens (tertiary/aromatic N) is 3. The van der Waals surface area contributed by atoms with Gasteiger partial charge in [-0.15, -0.1) is 0 Å². The number of allylic oxidation sites excluding steroid dienone is 3. The minimum atomic E-state index is -0.194. The van der Waals surface area contributed by atoms with Gasteiger partial charge in [-0.1, -0.05) is 260 Å². The van der Waals surface area contributed by atoms with Crippen molar-refractivity contribution in [3.8, 4) is 5.69 Å². The topological polar surface area (TPSA) is 24.6 Å². The lowest BCUT2D eigenvalue weighted by atomic mass is 9.32. The van der Waals surface area contributed by atoms with Crippen LogP contribution in [0, 0.1) is 5.92 Å². The van der Waals surface area contributed by atoms with Crippen LogP contribution in [-0.2, 0) is 10.8 Å². The lowest BCUT2D eigenvalue weighted by Crippen LogP contribution is -2.55. The molecule has 476 valence electrons. The number of para-hydroxylation sites is 1. The molecule has 2 aromatic heterocycles. The summed E-state index contributed by atoms with van der Waals surface area (Å²) in [6, 6.07) is 105. The van der Waals surface area contributed by atoms with E-state index in [-0.39, 0.29) is 29.4 Å². The largest absolute Gasteiger partial charge is 0.460 e. The van der Waals surface area contributed by atoms with Crippen molar-refractivity contribution < 1.29 is 4.42 Å². The van der Waals surface area contributed by atoms with Crippen LogP contribution in [0.2, 0.25) is 0 Å². The second-order valence-corrected chi connectivity index (χ2v) is 31.0. The summed E-state index contributed by atoms with van der Waals surface area (Å²) in [5.74, 6) is 0.689. The number of aromatic nitrogens is 1. The van der Waals surface area contributed by atoms with Gasteiger partial charge in [0.1, 0.15) is 11.3 Å². The number of hydrogen-bond acceptors (Lipinski definition) is 3. The average Bonchev–Trinajstić information content (AvgIpc) is 1.67. The summed E-state index contributed by atoms with van der Waals surface area (Å²) < 4.78 is 9.82.